The van der Waals surface area contributed by atoms with Crippen molar-refractivity contribution >= 4 is 23.7 Å². The molecule has 0 radical (unpaired) electrons. The first-order chi connectivity index (χ1) is 15.5. The summed E-state index contributed by atoms with van der Waals surface area (Å²) in [7, 11) is 3.15. The lowest BCUT2D eigenvalue weighted by Crippen LogP contribution is -2.61. The van der Waals surface area contributed by atoms with E-state index in [-0.39, 0.29) is 11.9 Å². The van der Waals surface area contributed by atoms with Gasteiger partial charge < -0.3 is 4.74 Å². The first kappa shape index (κ1) is 20.7. The minimum atomic E-state index is -0.616. The number of nitrogens with zero attached hydrogens (tertiary/aromatic N) is 6. The Hall–Kier alpha value is -3.20. The number of amidine groups is 1. The summed E-state index contributed by atoms with van der Waals surface area (Å²) in [6.07, 6.45) is 5.81. The van der Waals surface area contributed by atoms with Gasteiger partial charge in [0.1, 0.15) is 29.9 Å². The van der Waals surface area contributed by atoms with E-state index in [0.29, 0.717) is 18.4 Å². The second-order valence-electron chi connectivity index (χ2n) is 8.67. The number of likely N-dealkylation sites (tertiary alicyclic amines) is 1. The van der Waals surface area contributed by atoms with Gasteiger partial charge >= 0.3 is 12.0 Å². The number of benzene rings is 1. The normalized spacial score (nSPS) is 21.0. The Kier molecular flexibility index (Phi) is 5.21. The maximum atomic E-state index is 12.8. The number of carbonyl (C=O) groups is 2. The van der Waals surface area contributed by atoms with Crippen LogP contribution in [0.25, 0.3) is 5.69 Å². The number of aliphatic imine (C=N–C) groups is 1. The minimum Gasteiger partial charge on any atom is -0.492 e. The number of fused-ring (bicyclic) bond motifs is 3. The molecule has 0 N–H and O–H groups in total. The Morgan fingerprint density at radius 2 is 1.78 bits per heavy atom. The highest BCUT2D eigenvalue weighted by molar-refractivity contribution is 6.18. The van der Waals surface area contributed by atoms with E-state index in [1.54, 1.807) is 7.05 Å². The Bertz CT molecular complexity index is 1080. The molecule has 0 saturated carbocycles. The van der Waals surface area contributed by atoms with Crippen LogP contribution in [0.15, 0.2) is 35.5 Å². The van der Waals surface area contributed by atoms with Gasteiger partial charge in [-0.3, -0.25) is 19.5 Å². The van der Waals surface area contributed by atoms with Gasteiger partial charge in [-0.1, -0.05) is 11.4 Å². The minimum absolute atomic E-state index is 0.273. The fourth-order valence-corrected chi connectivity index (χ4v) is 4.75. The number of rotatable bonds is 5. The molecule has 2 saturated heterocycles. The second-order valence-corrected chi connectivity index (χ2v) is 8.67. The molecule has 0 bridgehead atoms. The highest BCUT2D eigenvalue weighted by Gasteiger charge is 2.52. The van der Waals surface area contributed by atoms with Gasteiger partial charge in [0, 0.05) is 20.6 Å². The van der Waals surface area contributed by atoms with E-state index < -0.39 is 6.04 Å². The molecule has 3 aliphatic heterocycles. The Labute approximate surface area is 187 Å². The predicted octanol–water partition coefficient (Wildman–Crippen LogP) is 2.05. The standard InChI is InChI=1S/C23H29N6O3/c1-16-15-28-19-20(25(2)23(31)26(3)21(19)30)24-22(28)29(16)17-7-9-18(10-8-17)32-14-13-27-11-5-4-6-12-27/h7-10,15,19H,4-6,11-14H2,1-3H3/q+1. The zero-order valence-electron chi connectivity index (χ0n) is 18.8. The third kappa shape index (κ3) is 3.37. The van der Waals surface area contributed by atoms with Gasteiger partial charge in [-0.2, -0.15) is 4.57 Å². The predicted molar refractivity (Wildman–Crippen MR) is 119 cm³/mol. The number of imidazole rings is 1. The lowest BCUT2D eigenvalue weighted by atomic mass is 10.1. The molecule has 0 spiro atoms. The number of aryl methyl sites for hydroxylation is 1. The Morgan fingerprint density at radius 1 is 1.06 bits per heavy atom. The van der Waals surface area contributed by atoms with Gasteiger partial charge in [-0.15, -0.1) is 0 Å². The molecule has 168 valence electrons. The molecule has 9 nitrogen and oxygen atoms in total. The van der Waals surface area contributed by atoms with E-state index in [9.17, 15) is 9.59 Å². The summed E-state index contributed by atoms with van der Waals surface area (Å²) in [5, 5.41) is 0. The molecule has 32 heavy (non-hydrogen) atoms. The Balaban J connectivity index is 1.35. The zero-order chi connectivity index (χ0) is 22.4. The number of likely N-dealkylation sites (N-methyl/N-ethyl adjacent to an activating group) is 2. The number of urea groups is 1. The van der Waals surface area contributed by atoms with Crippen LogP contribution in [-0.2, 0) is 4.79 Å². The number of aromatic nitrogens is 2. The van der Waals surface area contributed by atoms with Gasteiger partial charge in [0.25, 0.3) is 5.91 Å². The van der Waals surface area contributed by atoms with Crippen LogP contribution in [-0.4, -0.2) is 77.4 Å². The number of piperidine rings is 1. The van der Waals surface area contributed by atoms with E-state index in [1.165, 1.54) is 44.3 Å². The lowest BCUT2D eigenvalue weighted by molar-refractivity contribution is -0.676. The molecule has 0 aliphatic carbocycles. The molecule has 2 aromatic rings. The average molecular weight is 438 g/mol. The molecule has 9 heteroatoms. The highest BCUT2D eigenvalue weighted by Crippen LogP contribution is 2.31. The van der Waals surface area contributed by atoms with Crippen molar-refractivity contribution < 1.29 is 18.9 Å². The molecular weight excluding hydrogens is 408 g/mol. The van der Waals surface area contributed by atoms with Gasteiger partial charge in [-0.05, 0) is 57.1 Å². The molecule has 2 fully saturated rings. The van der Waals surface area contributed by atoms with E-state index in [0.717, 1.165) is 28.6 Å². The van der Waals surface area contributed by atoms with Crippen LogP contribution < -0.4 is 9.30 Å². The maximum Gasteiger partial charge on any atom is 0.406 e. The SMILES string of the molecule is Cc1c[n+]2c(n1-c1ccc(OCCN3CCCCC3)cc1)N=C1C2C(=O)N(C)C(=O)N1C. The molecule has 1 aromatic carbocycles. The van der Waals surface area contributed by atoms with Crippen LogP contribution in [0.3, 0.4) is 0 Å². The molecule has 5 rings (SSSR count). The summed E-state index contributed by atoms with van der Waals surface area (Å²) in [5.74, 6) is 1.65. The quantitative estimate of drug-likeness (QED) is 0.671. The fraction of sp³-hybridized carbons (Fsp3) is 0.478. The highest BCUT2D eigenvalue weighted by atomic mass is 16.5. The summed E-state index contributed by atoms with van der Waals surface area (Å²) in [6, 6.07) is 6.93. The van der Waals surface area contributed by atoms with Crippen LogP contribution in [0.4, 0.5) is 10.7 Å². The molecule has 3 amide bonds. The monoisotopic (exact) mass is 437 g/mol. The summed E-state index contributed by atoms with van der Waals surface area (Å²) in [6.45, 7) is 5.95. The molecule has 4 heterocycles. The molecule has 1 atom stereocenters. The van der Waals surface area contributed by atoms with E-state index >= 15 is 0 Å². The zero-order valence-corrected chi connectivity index (χ0v) is 18.8. The van der Waals surface area contributed by atoms with Crippen molar-refractivity contribution in [3.8, 4) is 11.4 Å². The summed E-state index contributed by atoms with van der Waals surface area (Å²) < 4.78 is 9.79. The number of amides is 3. The van der Waals surface area contributed by atoms with E-state index in [2.05, 4.69) is 9.89 Å². The van der Waals surface area contributed by atoms with Gasteiger partial charge in [0.05, 0.1) is 0 Å². The van der Waals surface area contributed by atoms with Gasteiger partial charge in [-0.25, -0.2) is 9.36 Å². The van der Waals surface area contributed by atoms with Crippen molar-refractivity contribution in [2.45, 2.75) is 32.2 Å². The average Bonchev–Trinajstić information content (AvgIpc) is 3.32. The summed E-state index contributed by atoms with van der Waals surface area (Å²) in [5.41, 5.74) is 1.88. The number of hydrogen-bond donors (Lipinski definition) is 0. The van der Waals surface area contributed by atoms with Crippen molar-refractivity contribution in [3.05, 3.63) is 36.2 Å². The second kappa shape index (κ2) is 8.05. The van der Waals surface area contributed by atoms with Crippen molar-refractivity contribution in [2.75, 3.05) is 40.3 Å². The Morgan fingerprint density at radius 3 is 2.50 bits per heavy atom. The van der Waals surface area contributed by atoms with Crippen LogP contribution >= 0.6 is 0 Å². The number of ether oxygens (including phenoxy) is 1. The van der Waals surface area contributed by atoms with Crippen LogP contribution in [0.5, 0.6) is 5.75 Å². The third-order valence-corrected chi connectivity index (χ3v) is 6.55. The van der Waals surface area contributed by atoms with Crippen LogP contribution in [0, 0.1) is 6.92 Å². The number of carbonyl (C=O) groups excluding carboxylic acids is 2. The summed E-state index contributed by atoms with van der Waals surface area (Å²) in [4.78, 5) is 34.8. The smallest absolute Gasteiger partial charge is 0.406 e. The fourth-order valence-electron chi connectivity index (χ4n) is 4.75. The maximum absolute atomic E-state index is 12.8. The van der Waals surface area contributed by atoms with Crippen LogP contribution in [0.2, 0.25) is 0 Å². The van der Waals surface area contributed by atoms with Crippen molar-refractivity contribution in [3.63, 3.8) is 0 Å². The molecule has 1 aromatic heterocycles. The number of imide groups is 1. The first-order valence-electron chi connectivity index (χ1n) is 11.2. The van der Waals surface area contributed by atoms with Gasteiger partial charge in [0.15, 0.2) is 0 Å². The van der Waals surface area contributed by atoms with Crippen molar-refractivity contribution in [1.29, 1.82) is 0 Å². The lowest BCUT2D eigenvalue weighted by Gasteiger charge is -2.30. The first-order valence-corrected chi connectivity index (χ1v) is 11.2. The van der Waals surface area contributed by atoms with E-state index in [1.807, 2.05) is 46.5 Å². The van der Waals surface area contributed by atoms with E-state index in [4.69, 9.17) is 4.74 Å². The third-order valence-electron chi connectivity index (χ3n) is 6.55. The van der Waals surface area contributed by atoms with Gasteiger partial charge in [0.2, 0.25) is 11.9 Å². The van der Waals surface area contributed by atoms with Crippen LogP contribution in [0.1, 0.15) is 31.0 Å². The molecule has 3 aliphatic rings. The number of hydrogen-bond acceptors (Lipinski definition) is 5. The summed E-state index contributed by atoms with van der Waals surface area (Å²) >= 11 is 0. The largest absolute Gasteiger partial charge is 0.492 e. The molecular formula is C23H29N6O3+. The van der Waals surface area contributed by atoms with Crippen molar-refractivity contribution in [1.82, 2.24) is 19.3 Å². The van der Waals surface area contributed by atoms with Crippen molar-refractivity contribution in [2.24, 2.45) is 4.99 Å². The molecule has 1 unspecified atom stereocenters. The topological polar surface area (TPSA) is 74.3 Å².